The number of aliphatic hydroxyl groups excluding tert-OH is 2. The molecule has 0 aliphatic carbocycles. The standard InChI is InChI=1S/C25H32O8/c1-29-21(26)13-8-14-31-25-23(28)22(27)24(32-16-19-11-6-3-7-12-19)20(33-25)17-30-15-18-9-4-2-5-10-18/h2-7,9-12,20,22-25,27-28H,8,13-17H2,1H3/t20?,22?,23?,24-,25-/m1/s1. The van der Waals surface area contributed by atoms with E-state index in [-0.39, 0.29) is 32.2 Å². The second-order valence-corrected chi connectivity index (χ2v) is 7.84. The first kappa shape index (κ1) is 25.3. The fraction of sp³-hybridized carbons (Fsp3) is 0.480. The molecule has 1 aliphatic rings. The largest absolute Gasteiger partial charge is 0.469 e. The topological polar surface area (TPSA) is 104 Å². The Morgan fingerprint density at radius 2 is 1.55 bits per heavy atom. The highest BCUT2D eigenvalue weighted by Gasteiger charge is 2.45. The van der Waals surface area contributed by atoms with Crippen molar-refractivity contribution in [3.63, 3.8) is 0 Å². The van der Waals surface area contributed by atoms with E-state index in [2.05, 4.69) is 4.74 Å². The summed E-state index contributed by atoms with van der Waals surface area (Å²) in [5, 5.41) is 21.4. The first-order valence-electron chi connectivity index (χ1n) is 11.1. The molecule has 2 aromatic carbocycles. The highest BCUT2D eigenvalue weighted by Crippen LogP contribution is 2.26. The Labute approximate surface area is 194 Å². The van der Waals surface area contributed by atoms with Crippen molar-refractivity contribution in [2.45, 2.75) is 56.8 Å². The van der Waals surface area contributed by atoms with E-state index < -0.39 is 30.7 Å². The molecule has 0 saturated carbocycles. The van der Waals surface area contributed by atoms with Crippen molar-refractivity contribution in [3.8, 4) is 0 Å². The summed E-state index contributed by atoms with van der Waals surface area (Å²) in [6.07, 6.45) is -4.51. The van der Waals surface area contributed by atoms with E-state index in [0.29, 0.717) is 13.0 Å². The lowest BCUT2D eigenvalue weighted by atomic mass is 9.99. The molecular formula is C25H32O8. The Bertz CT molecular complexity index is 816. The molecule has 0 amide bonds. The Hall–Kier alpha value is -2.33. The second-order valence-electron chi connectivity index (χ2n) is 7.84. The van der Waals surface area contributed by atoms with Gasteiger partial charge in [-0.1, -0.05) is 60.7 Å². The maximum absolute atomic E-state index is 11.3. The van der Waals surface area contributed by atoms with Crippen molar-refractivity contribution in [1.29, 1.82) is 0 Å². The van der Waals surface area contributed by atoms with E-state index in [1.54, 1.807) is 0 Å². The van der Waals surface area contributed by atoms with Crippen LogP contribution in [-0.4, -0.2) is 67.2 Å². The summed E-state index contributed by atoms with van der Waals surface area (Å²) in [4.78, 5) is 11.3. The van der Waals surface area contributed by atoms with Crippen molar-refractivity contribution in [2.24, 2.45) is 0 Å². The minimum Gasteiger partial charge on any atom is -0.469 e. The lowest BCUT2D eigenvalue weighted by molar-refractivity contribution is -0.311. The fourth-order valence-corrected chi connectivity index (χ4v) is 3.54. The zero-order chi connectivity index (χ0) is 23.5. The molecule has 1 fully saturated rings. The van der Waals surface area contributed by atoms with Gasteiger partial charge in [-0.25, -0.2) is 0 Å². The lowest BCUT2D eigenvalue weighted by Crippen LogP contribution is -2.60. The van der Waals surface area contributed by atoms with Crippen LogP contribution in [0.15, 0.2) is 60.7 Å². The van der Waals surface area contributed by atoms with Gasteiger partial charge in [-0.05, 0) is 17.5 Å². The summed E-state index contributed by atoms with van der Waals surface area (Å²) in [6.45, 7) is 0.921. The number of rotatable bonds is 12. The van der Waals surface area contributed by atoms with Gasteiger partial charge in [0.15, 0.2) is 6.29 Å². The Morgan fingerprint density at radius 1 is 0.909 bits per heavy atom. The smallest absolute Gasteiger partial charge is 0.305 e. The highest BCUT2D eigenvalue weighted by molar-refractivity contribution is 5.68. The Morgan fingerprint density at radius 3 is 2.18 bits per heavy atom. The number of carbonyl (C=O) groups excluding carboxylic acids is 1. The van der Waals surface area contributed by atoms with E-state index in [1.165, 1.54) is 7.11 Å². The predicted octanol–water partition coefficient (Wildman–Crippen LogP) is 2.21. The number of benzene rings is 2. The number of ether oxygens (including phenoxy) is 5. The third kappa shape index (κ3) is 7.89. The summed E-state index contributed by atoms with van der Waals surface area (Å²) in [7, 11) is 1.32. The molecule has 33 heavy (non-hydrogen) atoms. The van der Waals surface area contributed by atoms with E-state index in [4.69, 9.17) is 18.9 Å². The first-order valence-corrected chi connectivity index (χ1v) is 11.1. The number of hydrogen-bond donors (Lipinski definition) is 2. The molecule has 2 N–H and O–H groups in total. The second kappa shape index (κ2) is 13.4. The van der Waals surface area contributed by atoms with Crippen molar-refractivity contribution >= 4 is 5.97 Å². The summed E-state index contributed by atoms with van der Waals surface area (Å²) in [5.74, 6) is -0.342. The number of hydrogen-bond acceptors (Lipinski definition) is 8. The Balaban J connectivity index is 1.60. The minimum absolute atomic E-state index is 0.139. The fourth-order valence-electron chi connectivity index (χ4n) is 3.54. The molecule has 1 saturated heterocycles. The van der Waals surface area contributed by atoms with Crippen LogP contribution in [0.3, 0.4) is 0 Å². The average Bonchev–Trinajstić information content (AvgIpc) is 2.85. The van der Waals surface area contributed by atoms with Crippen LogP contribution in [0.5, 0.6) is 0 Å². The molecule has 5 atom stereocenters. The van der Waals surface area contributed by atoms with Gasteiger partial charge < -0.3 is 33.9 Å². The number of methoxy groups -OCH3 is 1. The zero-order valence-corrected chi connectivity index (χ0v) is 18.7. The Kier molecular flexibility index (Phi) is 10.3. The van der Waals surface area contributed by atoms with Gasteiger partial charge >= 0.3 is 5.97 Å². The van der Waals surface area contributed by atoms with E-state index in [9.17, 15) is 15.0 Å². The van der Waals surface area contributed by atoms with Crippen LogP contribution in [0.4, 0.5) is 0 Å². The van der Waals surface area contributed by atoms with Crippen molar-refractivity contribution in [3.05, 3.63) is 71.8 Å². The van der Waals surface area contributed by atoms with Gasteiger partial charge in [0, 0.05) is 6.42 Å². The molecule has 180 valence electrons. The number of aliphatic hydroxyl groups is 2. The summed E-state index contributed by atoms with van der Waals surface area (Å²) in [5.41, 5.74) is 1.94. The highest BCUT2D eigenvalue weighted by atomic mass is 16.7. The van der Waals surface area contributed by atoms with Gasteiger partial charge in [0.2, 0.25) is 0 Å². The van der Waals surface area contributed by atoms with Crippen molar-refractivity contribution < 1.29 is 38.7 Å². The average molecular weight is 461 g/mol. The maximum Gasteiger partial charge on any atom is 0.305 e. The SMILES string of the molecule is COC(=O)CCCO[C@@H]1OC(COCc2ccccc2)[C@@H](OCc2ccccc2)C(O)C1O. The van der Waals surface area contributed by atoms with Crippen molar-refractivity contribution in [1.82, 2.24) is 0 Å². The van der Waals surface area contributed by atoms with Crippen LogP contribution in [0.1, 0.15) is 24.0 Å². The zero-order valence-electron chi connectivity index (χ0n) is 18.7. The molecule has 8 heteroatoms. The summed E-state index contributed by atoms with van der Waals surface area (Å²) >= 11 is 0. The lowest BCUT2D eigenvalue weighted by Gasteiger charge is -2.42. The van der Waals surface area contributed by atoms with E-state index in [0.717, 1.165) is 11.1 Å². The molecule has 1 heterocycles. The van der Waals surface area contributed by atoms with Crippen LogP contribution < -0.4 is 0 Å². The van der Waals surface area contributed by atoms with Crippen LogP contribution in [0.25, 0.3) is 0 Å². The maximum atomic E-state index is 11.3. The third-order valence-corrected chi connectivity index (χ3v) is 5.35. The molecule has 0 aromatic heterocycles. The molecule has 2 aromatic rings. The molecule has 3 rings (SSSR count). The van der Waals surface area contributed by atoms with Crippen LogP contribution in [0.2, 0.25) is 0 Å². The van der Waals surface area contributed by atoms with Gasteiger partial charge in [-0.2, -0.15) is 0 Å². The number of carbonyl (C=O) groups is 1. The summed E-state index contributed by atoms with van der Waals surface area (Å²) in [6, 6.07) is 19.3. The van der Waals surface area contributed by atoms with Crippen molar-refractivity contribution in [2.75, 3.05) is 20.3 Å². The molecule has 8 nitrogen and oxygen atoms in total. The molecule has 1 aliphatic heterocycles. The minimum atomic E-state index is -1.31. The van der Waals surface area contributed by atoms with Gasteiger partial charge in [0.1, 0.15) is 24.4 Å². The van der Waals surface area contributed by atoms with E-state index in [1.807, 2.05) is 60.7 Å². The van der Waals surface area contributed by atoms with Gasteiger partial charge in [-0.15, -0.1) is 0 Å². The van der Waals surface area contributed by atoms with Gasteiger partial charge in [0.05, 0.1) is 33.5 Å². The van der Waals surface area contributed by atoms with Crippen LogP contribution in [-0.2, 0) is 41.7 Å². The normalized spacial score (nSPS) is 25.0. The van der Waals surface area contributed by atoms with Gasteiger partial charge in [0.25, 0.3) is 0 Å². The molecule has 0 radical (unpaired) electrons. The predicted molar refractivity (Wildman–Crippen MR) is 119 cm³/mol. The molecule has 0 spiro atoms. The molecule has 3 unspecified atom stereocenters. The monoisotopic (exact) mass is 460 g/mol. The van der Waals surface area contributed by atoms with Crippen LogP contribution >= 0.6 is 0 Å². The quantitative estimate of drug-likeness (QED) is 0.367. The van der Waals surface area contributed by atoms with E-state index >= 15 is 0 Å². The van der Waals surface area contributed by atoms with Crippen LogP contribution in [0, 0.1) is 0 Å². The first-order chi connectivity index (χ1) is 16.1. The summed E-state index contributed by atoms with van der Waals surface area (Å²) < 4.78 is 28.0. The number of esters is 1. The third-order valence-electron chi connectivity index (χ3n) is 5.35. The van der Waals surface area contributed by atoms with Gasteiger partial charge in [-0.3, -0.25) is 4.79 Å². The molecule has 0 bridgehead atoms. The molecular weight excluding hydrogens is 428 g/mol.